The van der Waals surface area contributed by atoms with Gasteiger partial charge in [-0.05, 0) is 17.7 Å². The minimum absolute atomic E-state index is 0.102. The van der Waals surface area contributed by atoms with Crippen LogP contribution in [-0.2, 0) is 6.54 Å². The first-order valence-electron chi connectivity index (χ1n) is 6.71. The maximum Gasteiger partial charge on any atom is 0.181 e. The van der Waals surface area contributed by atoms with Crippen LogP contribution in [0.5, 0.6) is 0 Å². The third-order valence-corrected chi connectivity index (χ3v) is 3.26. The Labute approximate surface area is 125 Å². The summed E-state index contributed by atoms with van der Waals surface area (Å²) in [7, 11) is 0. The highest BCUT2D eigenvalue weighted by Crippen LogP contribution is 2.19. The number of nitrogens with zero attached hydrogens (tertiary/aromatic N) is 3. The molecule has 1 atom stereocenters. The van der Waals surface area contributed by atoms with Gasteiger partial charge >= 0.3 is 0 Å². The van der Waals surface area contributed by atoms with Crippen LogP contribution >= 0.6 is 0 Å². The Hall–Kier alpha value is -2.60. The molecule has 6 heteroatoms. The minimum Gasteiger partial charge on any atom is -0.386 e. The molecule has 2 aromatic carbocycles. The summed E-state index contributed by atoms with van der Waals surface area (Å²) in [6, 6.07) is 12.7. The third kappa shape index (κ3) is 3.01. The van der Waals surface area contributed by atoms with Crippen molar-refractivity contribution in [3.05, 3.63) is 72.1 Å². The molecule has 0 saturated heterocycles. The van der Waals surface area contributed by atoms with Crippen LogP contribution in [0.3, 0.4) is 0 Å². The Bertz CT molecular complexity index is 774. The zero-order chi connectivity index (χ0) is 15.5. The van der Waals surface area contributed by atoms with E-state index in [-0.39, 0.29) is 12.1 Å². The summed E-state index contributed by atoms with van der Waals surface area (Å²) in [4.78, 5) is 4.17. The number of aliphatic hydroxyl groups is 1. The van der Waals surface area contributed by atoms with Crippen molar-refractivity contribution in [1.29, 1.82) is 0 Å². The molecule has 0 amide bonds. The van der Waals surface area contributed by atoms with E-state index in [9.17, 15) is 13.9 Å². The van der Waals surface area contributed by atoms with E-state index in [0.717, 1.165) is 17.7 Å². The van der Waals surface area contributed by atoms with Gasteiger partial charge in [0.25, 0.3) is 0 Å². The second-order valence-electron chi connectivity index (χ2n) is 4.85. The van der Waals surface area contributed by atoms with Crippen molar-refractivity contribution in [2.45, 2.75) is 12.6 Å². The van der Waals surface area contributed by atoms with Gasteiger partial charge in [-0.25, -0.2) is 18.4 Å². The summed E-state index contributed by atoms with van der Waals surface area (Å²) >= 11 is 0. The lowest BCUT2D eigenvalue weighted by Crippen LogP contribution is -2.09. The molecule has 1 unspecified atom stereocenters. The van der Waals surface area contributed by atoms with Crippen molar-refractivity contribution in [2.75, 3.05) is 0 Å². The predicted molar refractivity (Wildman–Crippen MR) is 76.8 cm³/mol. The van der Waals surface area contributed by atoms with Crippen LogP contribution in [-0.4, -0.2) is 19.9 Å². The molecule has 0 spiro atoms. The fourth-order valence-corrected chi connectivity index (χ4v) is 2.10. The lowest BCUT2D eigenvalue weighted by molar-refractivity contribution is 0.151. The van der Waals surface area contributed by atoms with Gasteiger partial charge < -0.3 is 5.11 Å². The van der Waals surface area contributed by atoms with Crippen LogP contribution in [0.4, 0.5) is 8.78 Å². The molecule has 0 fully saturated rings. The molecular formula is C16H13F2N3O. The Morgan fingerprint density at radius 2 is 1.82 bits per heavy atom. The van der Waals surface area contributed by atoms with Gasteiger partial charge in [-0.15, -0.1) is 0 Å². The van der Waals surface area contributed by atoms with Crippen LogP contribution in [0.25, 0.3) is 11.4 Å². The van der Waals surface area contributed by atoms with Crippen molar-refractivity contribution < 1.29 is 13.9 Å². The average Bonchev–Trinajstić information content (AvgIpc) is 2.99. The van der Waals surface area contributed by atoms with Crippen molar-refractivity contribution in [2.24, 2.45) is 0 Å². The first-order chi connectivity index (χ1) is 10.6. The molecule has 22 heavy (non-hydrogen) atoms. The highest BCUT2D eigenvalue weighted by molar-refractivity contribution is 5.53. The Balaban J connectivity index is 1.76. The number of aromatic nitrogens is 3. The van der Waals surface area contributed by atoms with E-state index in [4.69, 9.17) is 0 Å². The van der Waals surface area contributed by atoms with E-state index in [0.29, 0.717) is 5.82 Å². The molecule has 0 radical (unpaired) electrons. The smallest absolute Gasteiger partial charge is 0.181 e. The van der Waals surface area contributed by atoms with Gasteiger partial charge in [0.05, 0.1) is 12.6 Å². The fourth-order valence-electron chi connectivity index (χ4n) is 2.10. The Morgan fingerprint density at radius 3 is 2.55 bits per heavy atom. The van der Waals surface area contributed by atoms with E-state index in [2.05, 4.69) is 10.1 Å². The topological polar surface area (TPSA) is 50.9 Å². The minimum atomic E-state index is -1.000. The summed E-state index contributed by atoms with van der Waals surface area (Å²) in [5.74, 6) is -1.39. The van der Waals surface area contributed by atoms with Crippen molar-refractivity contribution in [3.63, 3.8) is 0 Å². The summed E-state index contributed by atoms with van der Waals surface area (Å²) in [5.41, 5.74) is 1.15. The van der Waals surface area contributed by atoms with Gasteiger partial charge in [0.15, 0.2) is 17.5 Å². The molecule has 1 heterocycles. The van der Waals surface area contributed by atoms with Crippen LogP contribution in [0, 0.1) is 11.6 Å². The van der Waals surface area contributed by atoms with E-state index >= 15 is 0 Å². The number of benzene rings is 2. The lowest BCUT2D eigenvalue weighted by atomic mass is 10.1. The van der Waals surface area contributed by atoms with Crippen molar-refractivity contribution in [1.82, 2.24) is 14.8 Å². The maximum atomic E-state index is 13.2. The highest BCUT2D eigenvalue weighted by Gasteiger charge is 2.13. The first kappa shape index (κ1) is 14.3. The SMILES string of the molecule is OC(Cn1cnc(-c2ccccc2)n1)c1ccc(F)c(F)c1. The zero-order valence-electron chi connectivity index (χ0n) is 11.5. The van der Waals surface area contributed by atoms with Crippen molar-refractivity contribution in [3.8, 4) is 11.4 Å². The largest absolute Gasteiger partial charge is 0.386 e. The fraction of sp³-hybridized carbons (Fsp3) is 0.125. The molecule has 4 nitrogen and oxygen atoms in total. The molecule has 1 N–H and O–H groups in total. The molecule has 0 saturated carbocycles. The summed E-state index contributed by atoms with van der Waals surface area (Å²) < 4.78 is 27.5. The van der Waals surface area contributed by atoms with E-state index < -0.39 is 17.7 Å². The number of rotatable bonds is 4. The molecule has 1 aromatic heterocycles. The summed E-state index contributed by atoms with van der Waals surface area (Å²) in [6.45, 7) is 0.102. The van der Waals surface area contributed by atoms with E-state index in [1.165, 1.54) is 17.1 Å². The Morgan fingerprint density at radius 1 is 1.05 bits per heavy atom. The maximum absolute atomic E-state index is 13.2. The number of halogens is 2. The van der Waals surface area contributed by atoms with Crippen LogP contribution in [0.1, 0.15) is 11.7 Å². The predicted octanol–water partition coefficient (Wildman–Crippen LogP) is 2.96. The second-order valence-corrected chi connectivity index (χ2v) is 4.85. The average molecular weight is 301 g/mol. The van der Waals surface area contributed by atoms with Gasteiger partial charge in [-0.1, -0.05) is 36.4 Å². The molecule has 0 aliphatic heterocycles. The van der Waals surface area contributed by atoms with Gasteiger partial charge in [-0.3, -0.25) is 0 Å². The summed E-state index contributed by atoms with van der Waals surface area (Å²) in [6.07, 6.45) is 0.492. The number of hydrogen-bond donors (Lipinski definition) is 1. The molecule has 0 bridgehead atoms. The van der Waals surface area contributed by atoms with E-state index in [1.807, 2.05) is 30.3 Å². The number of aliphatic hydroxyl groups excluding tert-OH is 1. The zero-order valence-corrected chi connectivity index (χ0v) is 11.5. The molecule has 0 aliphatic rings. The lowest BCUT2D eigenvalue weighted by Gasteiger charge is -2.10. The second kappa shape index (κ2) is 6.03. The molecular weight excluding hydrogens is 288 g/mol. The highest BCUT2D eigenvalue weighted by atomic mass is 19.2. The molecule has 3 rings (SSSR count). The van der Waals surface area contributed by atoms with Crippen molar-refractivity contribution >= 4 is 0 Å². The van der Waals surface area contributed by atoms with Crippen LogP contribution in [0.2, 0.25) is 0 Å². The summed E-state index contributed by atoms with van der Waals surface area (Å²) in [5, 5.41) is 14.4. The normalized spacial score (nSPS) is 12.3. The molecule has 0 aliphatic carbocycles. The monoisotopic (exact) mass is 301 g/mol. The van der Waals surface area contributed by atoms with Gasteiger partial charge in [-0.2, -0.15) is 5.10 Å². The number of hydrogen-bond acceptors (Lipinski definition) is 3. The van der Waals surface area contributed by atoms with Crippen LogP contribution in [0.15, 0.2) is 54.9 Å². The molecule has 112 valence electrons. The Kier molecular flexibility index (Phi) is 3.93. The van der Waals surface area contributed by atoms with Gasteiger partial charge in [0.1, 0.15) is 6.33 Å². The van der Waals surface area contributed by atoms with Gasteiger partial charge in [0, 0.05) is 5.56 Å². The van der Waals surface area contributed by atoms with Gasteiger partial charge in [0.2, 0.25) is 0 Å². The molecule has 3 aromatic rings. The first-order valence-corrected chi connectivity index (χ1v) is 6.71. The van der Waals surface area contributed by atoms with E-state index in [1.54, 1.807) is 0 Å². The third-order valence-electron chi connectivity index (χ3n) is 3.26. The quantitative estimate of drug-likeness (QED) is 0.806. The standard InChI is InChI=1S/C16H13F2N3O/c17-13-7-6-12(8-14(13)18)15(22)9-21-10-19-16(20-21)11-4-2-1-3-5-11/h1-8,10,15,22H,9H2. The van der Waals surface area contributed by atoms with Crippen LogP contribution < -0.4 is 0 Å².